The van der Waals surface area contributed by atoms with Crippen molar-refractivity contribution in [2.45, 2.75) is 124 Å². The molecule has 2 saturated heterocycles. The number of rotatable bonds is 14. The van der Waals surface area contributed by atoms with Gasteiger partial charge in [-0.25, -0.2) is 4.98 Å². The Morgan fingerprint density at radius 3 is 2.39 bits per heavy atom. The van der Waals surface area contributed by atoms with Gasteiger partial charge in [-0.15, -0.1) is 11.3 Å². The number of fused-ring (bicyclic) bond motifs is 4. The van der Waals surface area contributed by atoms with E-state index in [0.717, 1.165) is 61.5 Å². The van der Waals surface area contributed by atoms with Gasteiger partial charge in [0.15, 0.2) is 5.78 Å². The third-order valence-electron chi connectivity index (χ3n) is 14.3. The maximum absolute atomic E-state index is 14.1. The largest absolute Gasteiger partial charge is 0.391 e. The molecule has 0 bridgehead atoms. The second kappa shape index (κ2) is 19.9. The molecule has 2 fully saturated rings. The first kappa shape index (κ1) is 49.1. The van der Waals surface area contributed by atoms with Crippen LogP contribution in [-0.4, -0.2) is 105 Å². The standard InChI is InChI=1S/C54H64N8O6S/c1-8-35-25-39-40(54(6,7)49-46(47(39)66)38-19-16-34(28-55)24-41(38)58-49)27-42(35)60-20-22-61(23-21-60)45(65)13-11-9-10-12-44(64)59-50(53(3,4)5)52(68)62-30-37(63)26-43(62)51(67)56-29-33-14-17-36(18-15-33)48-32(2)57-31-69-48/h14-19,24-25,27,31,37,43,50,58,63H,8-13,20-23,26,29-30H2,1-7H3,(H,56,67)(H,59,64)/t37-,43+,50?/m1/s1. The normalized spacial score (nSPS) is 18.1. The first-order valence-corrected chi connectivity index (χ1v) is 25.1. The average molecular weight is 953 g/mol. The minimum Gasteiger partial charge on any atom is -0.391 e. The highest BCUT2D eigenvalue weighted by Gasteiger charge is 2.45. The second-order valence-electron chi connectivity index (χ2n) is 20.5. The number of hydrogen-bond donors (Lipinski definition) is 4. The number of benzene rings is 3. The Kier molecular flexibility index (Phi) is 14.2. The molecule has 3 aromatic carbocycles. The van der Waals surface area contributed by atoms with E-state index in [2.05, 4.69) is 64.5 Å². The van der Waals surface area contributed by atoms with Crippen molar-refractivity contribution in [2.75, 3.05) is 37.6 Å². The van der Waals surface area contributed by atoms with Crippen molar-refractivity contribution in [3.63, 3.8) is 0 Å². The Hall–Kier alpha value is -6.37. The molecule has 2 aromatic heterocycles. The fourth-order valence-electron chi connectivity index (χ4n) is 10.3. The molecule has 0 radical (unpaired) electrons. The van der Waals surface area contributed by atoms with Gasteiger partial charge in [0.05, 0.1) is 39.4 Å². The molecule has 15 heteroatoms. The van der Waals surface area contributed by atoms with Crippen molar-refractivity contribution < 1.29 is 29.1 Å². The number of amides is 4. The van der Waals surface area contributed by atoms with Crippen molar-refractivity contribution in [2.24, 2.45) is 5.41 Å². The number of nitriles is 1. The van der Waals surface area contributed by atoms with E-state index in [1.165, 1.54) is 4.90 Å². The van der Waals surface area contributed by atoms with E-state index in [9.17, 15) is 34.3 Å². The molecule has 4 amide bonds. The van der Waals surface area contributed by atoms with Crippen molar-refractivity contribution in [3.8, 4) is 16.5 Å². The third kappa shape index (κ3) is 10.1. The number of anilines is 1. The molecule has 2 aliphatic heterocycles. The average Bonchev–Trinajstić information content (AvgIpc) is 4.07. The summed E-state index contributed by atoms with van der Waals surface area (Å²) in [4.78, 5) is 83.0. The molecule has 4 heterocycles. The molecule has 5 aromatic rings. The van der Waals surface area contributed by atoms with Gasteiger partial charge in [-0.3, -0.25) is 24.0 Å². The Bertz CT molecular complexity index is 2820. The molecule has 1 unspecified atom stereocenters. The van der Waals surface area contributed by atoms with E-state index in [1.54, 1.807) is 23.5 Å². The molecule has 1 aliphatic carbocycles. The predicted molar refractivity (Wildman–Crippen MR) is 268 cm³/mol. The van der Waals surface area contributed by atoms with Crippen LogP contribution in [0.5, 0.6) is 0 Å². The number of aryl methyl sites for hydroxylation is 2. The number of aliphatic hydroxyl groups is 1. The lowest BCUT2D eigenvalue weighted by Gasteiger charge is -2.39. The van der Waals surface area contributed by atoms with Gasteiger partial charge in [-0.1, -0.05) is 78.3 Å². The number of ketones is 1. The topological polar surface area (TPSA) is 192 Å². The maximum Gasteiger partial charge on any atom is 0.246 e. The Morgan fingerprint density at radius 1 is 1.00 bits per heavy atom. The summed E-state index contributed by atoms with van der Waals surface area (Å²) in [5.41, 5.74) is 10.3. The SMILES string of the molecule is CCc1cc2c(cc1N1CCN(C(=O)CCCCCC(=O)NC(C(=O)N3C[C@H](O)C[C@H]3C(=O)NCc3ccc(-c4scnc4C)cc3)C(C)(C)C)CC1)C(C)(C)c1[nH]c3cc(C#N)ccc3c1C2=O. The van der Waals surface area contributed by atoms with Gasteiger partial charge in [0, 0.05) is 91.8 Å². The molecule has 3 atom stereocenters. The summed E-state index contributed by atoms with van der Waals surface area (Å²) in [6.07, 6.45) is 2.41. The number of H-pyrrole nitrogens is 1. The number of thiazole rings is 1. The maximum atomic E-state index is 14.1. The summed E-state index contributed by atoms with van der Waals surface area (Å²) >= 11 is 1.58. The number of likely N-dealkylation sites (tertiary alicyclic amines) is 1. The van der Waals surface area contributed by atoms with Crippen molar-refractivity contribution >= 4 is 57.3 Å². The predicted octanol–water partition coefficient (Wildman–Crippen LogP) is 7.31. The number of nitrogens with one attached hydrogen (secondary N) is 3. The zero-order valence-electron chi connectivity index (χ0n) is 40.8. The number of carbonyl (C=O) groups is 5. The van der Waals surface area contributed by atoms with E-state index in [-0.39, 0.29) is 49.4 Å². The first-order chi connectivity index (χ1) is 32.9. The van der Waals surface area contributed by atoms with Gasteiger partial charge < -0.3 is 35.4 Å². The van der Waals surface area contributed by atoms with Crippen molar-refractivity contribution in [1.82, 2.24) is 30.4 Å². The number of aromatic nitrogens is 2. The number of unbranched alkanes of at least 4 members (excludes halogenated alkanes) is 2. The molecule has 69 heavy (non-hydrogen) atoms. The van der Waals surface area contributed by atoms with Crippen LogP contribution in [0.4, 0.5) is 5.69 Å². The van der Waals surface area contributed by atoms with Crippen LogP contribution < -0.4 is 15.5 Å². The summed E-state index contributed by atoms with van der Waals surface area (Å²) in [6.45, 7) is 16.7. The number of β-amino-alcohol motifs (C(OH)–C–C–N with tert-alkyl or cyclic N) is 1. The molecule has 4 N–H and O–H groups in total. The molecule has 8 rings (SSSR count). The van der Waals surface area contributed by atoms with Crippen LogP contribution in [-0.2, 0) is 37.6 Å². The van der Waals surface area contributed by atoms with E-state index in [4.69, 9.17) is 0 Å². The van der Waals surface area contributed by atoms with Crippen LogP contribution in [0.1, 0.15) is 130 Å². The lowest BCUT2D eigenvalue weighted by atomic mass is 9.70. The monoisotopic (exact) mass is 952 g/mol. The summed E-state index contributed by atoms with van der Waals surface area (Å²) in [5, 5.41) is 26.8. The number of aromatic amines is 1. The zero-order chi connectivity index (χ0) is 49.4. The lowest BCUT2D eigenvalue weighted by molar-refractivity contribution is -0.144. The number of aliphatic hydroxyl groups excluding tert-OH is 1. The number of nitrogens with zero attached hydrogens (tertiary/aromatic N) is 5. The van der Waals surface area contributed by atoms with Gasteiger partial charge >= 0.3 is 0 Å². The van der Waals surface area contributed by atoms with Crippen LogP contribution in [0.2, 0.25) is 0 Å². The third-order valence-corrected chi connectivity index (χ3v) is 15.3. The van der Waals surface area contributed by atoms with E-state index in [1.807, 2.05) is 68.4 Å². The highest BCUT2D eigenvalue weighted by molar-refractivity contribution is 7.13. The Labute approximate surface area is 408 Å². The van der Waals surface area contributed by atoms with Crippen LogP contribution in [0.25, 0.3) is 21.3 Å². The van der Waals surface area contributed by atoms with Gasteiger partial charge in [-0.05, 0) is 78.1 Å². The van der Waals surface area contributed by atoms with Gasteiger partial charge in [0.25, 0.3) is 0 Å². The molecule has 3 aliphatic rings. The summed E-state index contributed by atoms with van der Waals surface area (Å²) < 4.78 is 0. The van der Waals surface area contributed by atoms with Crippen LogP contribution in [0.3, 0.4) is 0 Å². The number of piperazine rings is 1. The minimum atomic E-state index is -0.913. The quantitative estimate of drug-likeness (QED) is 0.0827. The summed E-state index contributed by atoms with van der Waals surface area (Å²) in [7, 11) is 0. The second-order valence-corrected chi connectivity index (χ2v) is 21.3. The lowest BCUT2D eigenvalue weighted by Crippen LogP contribution is -2.57. The van der Waals surface area contributed by atoms with E-state index < -0.39 is 34.9 Å². The van der Waals surface area contributed by atoms with Gasteiger partial charge in [0.1, 0.15) is 12.1 Å². The molecular formula is C54H64N8O6S. The smallest absolute Gasteiger partial charge is 0.246 e. The highest BCUT2D eigenvalue weighted by atomic mass is 32.1. The highest BCUT2D eigenvalue weighted by Crippen LogP contribution is 2.46. The van der Waals surface area contributed by atoms with E-state index in [0.29, 0.717) is 68.6 Å². The molecular weight excluding hydrogens is 889 g/mol. The Morgan fingerprint density at radius 2 is 1.72 bits per heavy atom. The van der Waals surface area contributed by atoms with Gasteiger partial charge in [-0.2, -0.15) is 5.26 Å². The number of carbonyl (C=O) groups excluding carboxylic acids is 5. The van der Waals surface area contributed by atoms with Crippen LogP contribution in [0, 0.1) is 23.7 Å². The van der Waals surface area contributed by atoms with Crippen molar-refractivity contribution in [3.05, 3.63) is 105 Å². The number of hydrogen-bond acceptors (Lipinski definition) is 10. The molecule has 362 valence electrons. The molecule has 0 saturated carbocycles. The summed E-state index contributed by atoms with van der Waals surface area (Å²) in [5.74, 6) is -0.961. The summed E-state index contributed by atoms with van der Waals surface area (Å²) in [6, 6.07) is 18.0. The first-order valence-electron chi connectivity index (χ1n) is 24.3. The van der Waals surface area contributed by atoms with Gasteiger partial charge in [0.2, 0.25) is 23.6 Å². The van der Waals surface area contributed by atoms with Crippen LogP contribution >= 0.6 is 11.3 Å². The fraction of sp³-hybridized carbons (Fsp3) is 0.463. The fourth-order valence-corrected chi connectivity index (χ4v) is 11.1. The van der Waals surface area contributed by atoms with Crippen molar-refractivity contribution in [1.29, 1.82) is 5.26 Å². The molecule has 0 spiro atoms. The van der Waals surface area contributed by atoms with E-state index >= 15 is 0 Å². The molecule has 14 nitrogen and oxygen atoms in total. The Balaban J connectivity index is 0.799. The van der Waals surface area contributed by atoms with Crippen LogP contribution in [0.15, 0.2) is 60.1 Å². The zero-order valence-corrected chi connectivity index (χ0v) is 41.6. The minimum absolute atomic E-state index is 0.000325.